The van der Waals surface area contributed by atoms with E-state index in [1.165, 1.54) is 0 Å². The molecule has 1 unspecified atom stereocenters. The number of hydrogen-bond acceptors (Lipinski definition) is 4. The summed E-state index contributed by atoms with van der Waals surface area (Å²) in [5, 5.41) is 14.2. The number of benzene rings is 1. The Balaban J connectivity index is 2.01. The molecule has 0 aromatic heterocycles. The molecule has 0 saturated heterocycles. The van der Waals surface area contributed by atoms with Gasteiger partial charge in [-0.15, -0.1) is 0 Å². The first-order valence-electron chi connectivity index (χ1n) is 6.26. The summed E-state index contributed by atoms with van der Waals surface area (Å²) in [6.07, 6.45) is 1.16. The van der Waals surface area contributed by atoms with Crippen molar-refractivity contribution in [2.24, 2.45) is 10.9 Å². The summed E-state index contributed by atoms with van der Waals surface area (Å²) < 4.78 is 0. The second kappa shape index (κ2) is 6.31. The van der Waals surface area contributed by atoms with Gasteiger partial charge in [-0.2, -0.15) is 5.26 Å². The monoisotopic (exact) mass is 293 g/mol. The fourth-order valence-electron chi connectivity index (χ4n) is 1.94. The third-order valence-corrected chi connectivity index (χ3v) is 4.25. The van der Waals surface area contributed by atoms with Crippen LogP contribution in [0, 0.1) is 17.2 Å². The van der Waals surface area contributed by atoms with Crippen LogP contribution in [0.5, 0.6) is 0 Å². The van der Waals surface area contributed by atoms with Gasteiger partial charge in [-0.05, 0) is 30.5 Å². The van der Waals surface area contributed by atoms with Crippen molar-refractivity contribution in [3.63, 3.8) is 0 Å². The van der Waals surface area contributed by atoms with Crippen molar-refractivity contribution in [1.82, 2.24) is 0 Å². The fraction of sp³-hybridized carbons (Fsp3) is 0.429. The summed E-state index contributed by atoms with van der Waals surface area (Å²) in [5.74, 6) is 0.678. The van der Waals surface area contributed by atoms with E-state index in [2.05, 4.69) is 30.2 Å². The van der Waals surface area contributed by atoms with Crippen molar-refractivity contribution in [1.29, 1.82) is 5.26 Å². The number of aliphatic imine (C=N–C) groups is 1. The lowest BCUT2D eigenvalue weighted by molar-refractivity contribution is 0.575. The van der Waals surface area contributed by atoms with Crippen LogP contribution in [0.1, 0.15) is 25.8 Å². The van der Waals surface area contributed by atoms with Gasteiger partial charge in [-0.25, -0.2) is 0 Å². The number of rotatable bonds is 3. The summed E-state index contributed by atoms with van der Waals surface area (Å²) >= 11 is 7.87. The third-order valence-electron chi connectivity index (χ3n) is 2.79. The Kier molecular flexibility index (Phi) is 4.73. The summed E-state index contributed by atoms with van der Waals surface area (Å²) in [6.45, 7) is 5.29. The van der Waals surface area contributed by atoms with Crippen LogP contribution in [-0.2, 0) is 0 Å². The molecule has 0 fully saturated rings. The molecule has 100 valence electrons. The predicted molar refractivity (Wildman–Crippen MR) is 82.9 cm³/mol. The van der Waals surface area contributed by atoms with Gasteiger partial charge in [-0.3, -0.25) is 4.99 Å². The molecule has 1 atom stereocenters. The Labute approximate surface area is 123 Å². The first-order chi connectivity index (χ1) is 9.08. The van der Waals surface area contributed by atoms with Crippen LogP contribution < -0.4 is 5.32 Å². The molecule has 19 heavy (non-hydrogen) atoms. The molecule has 2 rings (SSSR count). The van der Waals surface area contributed by atoms with Crippen LogP contribution in [-0.4, -0.2) is 17.0 Å². The first-order valence-corrected chi connectivity index (χ1v) is 7.52. The molecule has 1 heterocycles. The number of nitrogens with one attached hydrogen (secondary N) is 1. The first kappa shape index (κ1) is 14.2. The Hall–Kier alpha value is -1.18. The maximum atomic E-state index is 8.90. The van der Waals surface area contributed by atoms with E-state index >= 15 is 0 Å². The Bertz CT molecular complexity index is 534. The molecule has 1 aromatic carbocycles. The molecule has 0 bridgehead atoms. The zero-order valence-electron chi connectivity index (χ0n) is 11.0. The molecule has 1 N–H and O–H groups in total. The summed E-state index contributed by atoms with van der Waals surface area (Å²) in [5.41, 5.74) is 1.34. The van der Waals surface area contributed by atoms with E-state index < -0.39 is 0 Å². The van der Waals surface area contributed by atoms with E-state index in [1.807, 2.05) is 0 Å². The molecule has 1 aliphatic heterocycles. The number of amidine groups is 1. The Morgan fingerprint density at radius 2 is 2.37 bits per heavy atom. The van der Waals surface area contributed by atoms with E-state index in [1.54, 1.807) is 30.0 Å². The normalized spacial score (nSPS) is 18.3. The van der Waals surface area contributed by atoms with Crippen molar-refractivity contribution in [2.75, 3.05) is 11.9 Å². The van der Waals surface area contributed by atoms with Crippen LogP contribution in [0.3, 0.4) is 0 Å². The zero-order chi connectivity index (χ0) is 13.8. The Morgan fingerprint density at radius 1 is 1.58 bits per heavy atom. The highest BCUT2D eigenvalue weighted by Crippen LogP contribution is 2.30. The molecular formula is C14H16ClN3S. The van der Waals surface area contributed by atoms with Gasteiger partial charge in [-0.1, -0.05) is 37.2 Å². The minimum Gasteiger partial charge on any atom is -0.334 e. The largest absolute Gasteiger partial charge is 0.334 e. The van der Waals surface area contributed by atoms with Gasteiger partial charge in [0.15, 0.2) is 5.17 Å². The number of anilines is 1. The van der Waals surface area contributed by atoms with E-state index in [0.29, 0.717) is 21.8 Å². The van der Waals surface area contributed by atoms with Gasteiger partial charge < -0.3 is 5.32 Å². The van der Waals surface area contributed by atoms with Crippen molar-refractivity contribution in [3.05, 3.63) is 28.8 Å². The minimum atomic E-state index is 0.542. The molecule has 3 nitrogen and oxygen atoms in total. The maximum absolute atomic E-state index is 8.90. The highest BCUT2D eigenvalue weighted by atomic mass is 35.5. The third kappa shape index (κ3) is 3.89. The van der Waals surface area contributed by atoms with E-state index in [-0.39, 0.29) is 0 Å². The molecule has 0 amide bonds. The number of nitrogens with zero attached hydrogens (tertiary/aromatic N) is 2. The number of thioether (sulfide) groups is 1. The maximum Gasteiger partial charge on any atom is 0.161 e. The van der Waals surface area contributed by atoms with E-state index in [9.17, 15) is 0 Å². The standard InChI is InChI=1S/C14H16ClN3S/c1-9(2)5-11-8-17-14(19-11)18-13-6-10(7-16)3-4-12(13)15/h3-4,6,9,11H,5,8H2,1-2H3,(H,17,18). The Morgan fingerprint density at radius 3 is 3.05 bits per heavy atom. The number of nitriles is 1. The molecular weight excluding hydrogens is 278 g/mol. The molecule has 1 aromatic rings. The van der Waals surface area contributed by atoms with Crippen molar-refractivity contribution >= 4 is 34.2 Å². The van der Waals surface area contributed by atoms with Crippen LogP contribution in [0.25, 0.3) is 0 Å². The molecule has 0 spiro atoms. The zero-order valence-corrected chi connectivity index (χ0v) is 12.6. The van der Waals surface area contributed by atoms with E-state index in [0.717, 1.165) is 23.8 Å². The summed E-state index contributed by atoms with van der Waals surface area (Å²) in [6, 6.07) is 7.30. The minimum absolute atomic E-state index is 0.542. The molecule has 0 aliphatic carbocycles. The molecule has 0 radical (unpaired) electrons. The lowest BCUT2D eigenvalue weighted by atomic mass is 10.1. The average Bonchev–Trinajstić information content (AvgIpc) is 2.78. The van der Waals surface area contributed by atoms with Gasteiger partial charge in [0.05, 0.1) is 28.9 Å². The highest BCUT2D eigenvalue weighted by molar-refractivity contribution is 8.15. The second-order valence-corrected chi connectivity index (χ2v) is 6.64. The SMILES string of the molecule is CC(C)CC1CN=C(Nc2cc(C#N)ccc2Cl)S1. The molecule has 0 saturated carbocycles. The van der Waals surface area contributed by atoms with Gasteiger partial charge in [0.25, 0.3) is 0 Å². The predicted octanol–water partition coefficient (Wildman–Crippen LogP) is 4.14. The van der Waals surface area contributed by atoms with Crippen LogP contribution in [0.15, 0.2) is 23.2 Å². The van der Waals surface area contributed by atoms with Gasteiger partial charge >= 0.3 is 0 Å². The fourth-order valence-corrected chi connectivity index (χ4v) is 3.37. The number of hydrogen-bond donors (Lipinski definition) is 1. The lowest BCUT2D eigenvalue weighted by Crippen LogP contribution is -2.10. The van der Waals surface area contributed by atoms with Crippen LogP contribution >= 0.6 is 23.4 Å². The van der Waals surface area contributed by atoms with E-state index in [4.69, 9.17) is 16.9 Å². The summed E-state index contributed by atoms with van der Waals surface area (Å²) in [7, 11) is 0. The van der Waals surface area contributed by atoms with Crippen molar-refractivity contribution in [3.8, 4) is 6.07 Å². The van der Waals surface area contributed by atoms with Gasteiger partial charge in [0.1, 0.15) is 0 Å². The average molecular weight is 294 g/mol. The molecule has 1 aliphatic rings. The van der Waals surface area contributed by atoms with Crippen molar-refractivity contribution < 1.29 is 0 Å². The number of halogens is 1. The smallest absolute Gasteiger partial charge is 0.161 e. The van der Waals surface area contributed by atoms with Crippen molar-refractivity contribution in [2.45, 2.75) is 25.5 Å². The van der Waals surface area contributed by atoms with Crippen LogP contribution in [0.4, 0.5) is 5.69 Å². The van der Waals surface area contributed by atoms with Crippen LogP contribution in [0.2, 0.25) is 5.02 Å². The second-order valence-electron chi connectivity index (χ2n) is 4.95. The lowest BCUT2D eigenvalue weighted by Gasteiger charge is -2.12. The topological polar surface area (TPSA) is 48.2 Å². The van der Waals surface area contributed by atoms with Gasteiger partial charge in [0.2, 0.25) is 0 Å². The van der Waals surface area contributed by atoms with Gasteiger partial charge in [0, 0.05) is 5.25 Å². The summed E-state index contributed by atoms with van der Waals surface area (Å²) in [4.78, 5) is 4.49. The molecule has 5 heteroatoms. The highest BCUT2D eigenvalue weighted by Gasteiger charge is 2.21. The quantitative estimate of drug-likeness (QED) is 0.911.